The molecular formula is C18H16N4O4. The van der Waals surface area contributed by atoms with Gasteiger partial charge in [-0.2, -0.15) is 0 Å². The minimum atomic E-state index is -0.493. The van der Waals surface area contributed by atoms with Gasteiger partial charge in [-0.1, -0.05) is 0 Å². The van der Waals surface area contributed by atoms with Gasteiger partial charge in [-0.15, -0.1) is 0 Å². The van der Waals surface area contributed by atoms with Gasteiger partial charge in [0.15, 0.2) is 5.75 Å². The summed E-state index contributed by atoms with van der Waals surface area (Å²) in [5, 5.41) is 14.2. The smallest absolute Gasteiger partial charge is 0.312 e. The van der Waals surface area contributed by atoms with E-state index in [4.69, 9.17) is 9.47 Å². The molecule has 0 atom stereocenters. The Labute approximate surface area is 149 Å². The van der Waals surface area contributed by atoms with Gasteiger partial charge in [-0.05, 0) is 36.4 Å². The van der Waals surface area contributed by atoms with E-state index in [1.165, 1.54) is 25.6 Å². The minimum Gasteiger partial charge on any atom is -0.497 e. The Morgan fingerprint density at radius 2 is 1.77 bits per heavy atom. The van der Waals surface area contributed by atoms with E-state index in [1.807, 2.05) is 24.3 Å². The summed E-state index contributed by atoms with van der Waals surface area (Å²) in [7, 11) is 3.00. The van der Waals surface area contributed by atoms with Crippen molar-refractivity contribution in [3.8, 4) is 22.8 Å². The number of anilines is 2. The van der Waals surface area contributed by atoms with Crippen LogP contribution in [0.3, 0.4) is 0 Å². The van der Waals surface area contributed by atoms with Gasteiger partial charge in [0.05, 0.1) is 24.8 Å². The van der Waals surface area contributed by atoms with E-state index in [1.54, 1.807) is 19.2 Å². The lowest BCUT2D eigenvalue weighted by molar-refractivity contribution is -0.385. The highest BCUT2D eigenvalue weighted by Crippen LogP contribution is 2.31. The Balaban J connectivity index is 1.87. The molecular weight excluding hydrogens is 336 g/mol. The second kappa shape index (κ2) is 7.47. The maximum atomic E-state index is 11.1. The zero-order valence-corrected chi connectivity index (χ0v) is 14.2. The summed E-state index contributed by atoms with van der Waals surface area (Å²) in [6, 6.07) is 13.8. The fourth-order valence-electron chi connectivity index (χ4n) is 2.40. The maximum Gasteiger partial charge on any atom is 0.312 e. The third-order valence-electron chi connectivity index (χ3n) is 3.70. The molecule has 0 aliphatic carbocycles. The Morgan fingerprint density at radius 3 is 2.42 bits per heavy atom. The normalized spacial score (nSPS) is 10.2. The standard InChI is InChI=1S/C18H16N4O4/c1-25-14-6-3-12(4-7-14)15-10-18(20-11-19-15)21-13-5-8-17(26-2)16(9-13)22(23)24/h3-11H,1-2H3,(H,19,20,21). The van der Waals surface area contributed by atoms with Crippen LogP contribution in [-0.2, 0) is 0 Å². The van der Waals surface area contributed by atoms with E-state index in [2.05, 4.69) is 15.3 Å². The van der Waals surface area contributed by atoms with Crippen LogP contribution in [0.5, 0.6) is 11.5 Å². The van der Waals surface area contributed by atoms with Crippen molar-refractivity contribution in [3.05, 3.63) is 65.0 Å². The summed E-state index contributed by atoms with van der Waals surface area (Å²) in [4.78, 5) is 19.1. The molecule has 132 valence electrons. The van der Waals surface area contributed by atoms with Gasteiger partial charge in [-0.25, -0.2) is 9.97 Å². The van der Waals surface area contributed by atoms with E-state index < -0.39 is 4.92 Å². The van der Waals surface area contributed by atoms with E-state index in [0.717, 1.165) is 11.3 Å². The van der Waals surface area contributed by atoms with Crippen molar-refractivity contribution in [2.24, 2.45) is 0 Å². The van der Waals surface area contributed by atoms with E-state index >= 15 is 0 Å². The minimum absolute atomic E-state index is 0.123. The first kappa shape index (κ1) is 17.2. The first-order valence-corrected chi connectivity index (χ1v) is 7.66. The summed E-state index contributed by atoms with van der Waals surface area (Å²) in [5.41, 5.74) is 2.02. The number of nitro groups is 1. The van der Waals surface area contributed by atoms with Crippen LogP contribution in [0.1, 0.15) is 0 Å². The van der Waals surface area contributed by atoms with Crippen molar-refractivity contribution >= 4 is 17.2 Å². The van der Waals surface area contributed by atoms with E-state index in [0.29, 0.717) is 17.2 Å². The molecule has 0 fully saturated rings. The van der Waals surface area contributed by atoms with Gasteiger partial charge in [0.2, 0.25) is 0 Å². The first-order valence-electron chi connectivity index (χ1n) is 7.66. The zero-order chi connectivity index (χ0) is 18.5. The van der Waals surface area contributed by atoms with Crippen LogP contribution >= 0.6 is 0 Å². The molecule has 0 bridgehead atoms. The lowest BCUT2D eigenvalue weighted by atomic mass is 10.1. The molecule has 8 nitrogen and oxygen atoms in total. The molecule has 0 saturated carbocycles. The predicted octanol–water partition coefficient (Wildman–Crippen LogP) is 3.81. The lowest BCUT2D eigenvalue weighted by Gasteiger charge is -2.09. The average molecular weight is 352 g/mol. The second-order valence-corrected chi connectivity index (χ2v) is 5.29. The molecule has 0 radical (unpaired) electrons. The number of nitrogens with one attached hydrogen (secondary N) is 1. The van der Waals surface area contributed by atoms with Gasteiger partial charge < -0.3 is 14.8 Å². The zero-order valence-electron chi connectivity index (χ0n) is 14.2. The summed E-state index contributed by atoms with van der Waals surface area (Å²) in [6.07, 6.45) is 1.43. The molecule has 26 heavy (non-hydrogen) atoms. The molecule has 1 heterocycles. The maximum absolute atomic E-state index is 11.1. The Bertz CT molecular complexity index is 929. The third kappa shape index (κ3) is 3.69. The SMILES string of the molecule is COc1ccc(-c2cc(Nc3ccc(OC)c([N+](=O)[O-])c3)ncn2)cc1. The van der Waals surface area contributed by atoms with Crippen molar-refractivity contribution in [2.75, 3.05) is 19.5 Å². The quantitative estimate of drug-likeness (QED) is 0.532. The molecule has 0 spiro atoms. The van der Waals surface area contributed by atoms with Crippen LogP contribution in [0.25, 0.3) is 11.3 Å². The van der Waals surface area contributed by atoms with Gasteiger partial charge in [0, 0.05) is 23.4 Å². The van der Waals surface area contributed by atoms with Crippen LogP contribution in [0.2, 0.25) is 0 Å². The third-order valence-corrected chi connectivity index (χ3v) is 3.70. The van der Waals surface area contributed by atoms with Crippen LogP contribution in [0.4, 0.5) is 17.2 Å². The van der Waals surface area contributed by atoms with Crippen molar-refractivity contribution in [1.82, 2.24) is 9.97 Å². The highest BCUT2D eigenvalue weighted by atomic mass is 16.6. The molecule has 8 heteroatoms. The molecule has 0 aliphatic rings. The monoisotopic (exact) mass is 352 g/mol. The Kier molecular flexibility index (Phi) is 4.93. The molecule has 0 saturated heterocycles. The molecule has 0 unspecified atom stereocenters. The molecule has 1 N–H and O–H groups in total. The molecule has 3 aromatic rings. The van der Waals surface area contributed by atoms with Gasteiger partial charge in [0.25, 0.3) is 0 Å². The van der Waals surface area contributed by atoms with Crippen molar-refractivity contribution in [2.45, 2.75) is 0 Å². The van der Waals surface area contributed by atoms with Crippen molar-refractivity contribution in [1.29, 1.82) is 0 Å². The van der Waals surface area contributed by atoms with Crippen LogP contribution < -0.4 is 14.8 Å². The predicted molar refractivity (Wildman–Crippen MR) is 97.0 cm³/mol. The Hall–Kier alpha value is -3.68. The number of hydrogen-bond donors (Lipinski definition) is 1. The van der Waals surface area contributed by atoms with E-state index in [9.17, 15) is 10.1 Å². The fraction of sp³-hybridized carbons (Fsp3) is 0.111. The highest BCUT2D eigenvalue weighted by Gasteiger charge is 2.15. The van der Waals surface area contributed by atoms with Gasteiger partial charge in [0.1, 0.15) is 17.9 Å². The molecule has 1 aromatic heterocycles. The first-order chi connectivity index (χ1) is 12.6. The fourth-order valence-corrected chi connectivity index (χ4v) is 2.40. The topological polar surface area (TPSA) is 99.4 Å². The molecule has 0 aliphatic heterocycles. The molecule has 0 amide bonds. The van der Waals surface area contributed by atoms with Crippen LogP contribution in [0.15, 0.2) is 54.9 Å². The largest absolute Gasteiger partial charge is 0.497 e. The number of benzene rings is 2. The number of nitrogens with zero attached hydrogens (tertiary/aromatic N) is 3. The number of ether oxygens (including phenoxy) is 2. The lowest BCUT2D eigenvalue weighted by Crippen LogP contribution is -1.98. The highest BCUT2D eigenvalue weighted by molar-refractivity contribution is 5.68. The van der Waals surface area contributed by atoms with Crippen molar-refractivity contribution < 1.29 is 14.4 Å². The van der Waals surface area contributed by atoms with Gasteiger partial charge >= 0.3 is 5.69 Å². The second-order valence-electron chi connectivity index (χ2n) is 5.29. The summed E-state index contributed by atoms with van der Waals surface area (Å²) < 4.78 is 10.1. The number of nitro benzene ring substituents is 1. The van der Waals surface area contributed by atoms with Crippen molar-refractivity contribution in [3.63, 3.8) is 0 Å². The van der Waals surface area contributed by atoms with Crippen LogP contribution in [0, 0.1) is 10.1 Å². The number of methoxy groups -OCH3 is 2. The summed E-state index contributed by atoms with van der Waals surface area (Å²) in [6.45, 7) is 0. The number of aromatic nitrogens is 2. The molecule has 2 aromatic carbocycles. The number of hydrogen-bond acceptors (Lipinski definition) is 7. The average Bonchev–Trinajstić information content (AvgIpc) is 2.68. The molecule has 3 rings (SSSR count). The summed E-state index contributed by atoms with van der Waals surface area (Å²) in [5.74, 6) is 1.47. The van der Waals surface area contributed by atoms with E-state index in [-0.39, 0.29) is 11.4 Å². The van der Waals surface area contributed by atoms with Crippen LogP contribution in [-0.4, -0.2) is 29.1 Å². The Morgan fingerprint density at radius 1 is 1.00 bits per heavy atom. The summed E-state index contributed by atoms with van der Waals surface area (Å²) >= 11 is 0. The van der Waals surface area contributed by atoms with Gasteiger partial charge in [-0.3, -0.25) is 10.1 Å². The number of rotatable bonds is 6.